The number of benzene rings is 1. The van der Waals surface area contributed by atoms with Crippen LogP contribution >= 0.6 is 11.3 Å². The average Bonchev–Trinajstić information content (AvgIpc) is 3.09. The number of rotatable bonds is 6. The number of carbonyl (C=O) groups excluding carboxylic acids is 2. The van der Waals surface area contributed by atoms with E-state index in [0.717, 1.165) is 23.0 Å². The van der Waals surface area contributed by atoms with Gasteiger partial charge in [0.25, 0.3) is 5.91 Å². The Hall–Kier alpha value is -2.23. The Bertz CT molecular complexity index is 862. The van der Waals surface area contributed by atoms with Gasteiger partial charge in [0.15, 0.2) is 6.61 Å². The van der Waals surface area contributed by atoms with Gasteiger partial charge in [-0.2, -0.15) is 0 Å². The Labute approximate surface area is 150 Å². The number of hydrogen-bond acceptors (Lipinski definition) is 6. The molecular weight excluding hydrogens is 364 g/mol. The fourth-order valence-corrected chi connectivity index (χ4v) is 3.63. The highest BCUT2D eigenvalue weighted by Gasteiger charge is 2.20. The highest BCUT2D eigenvalue weighted by molar-refractivity contribution is 7.91. The molecule has 1 unspecified atom stereocenters. The van der Waals surface area contributed by atoms with Gasteiger partial charge in [0.1, 0.15) is 4.21 Å². The van der Waals surface area contributed by atoms with Crippen molar-refractivity contribution in [1.29, 1.82) is 0 Å². The molecule has 9 heteroatoms. The summed E-state index contributed by atoms with van der Waals surface area (Å²) in [5, 5.41) is 6.31. The third-order valence-corrected chi connectivity index (χ3v) is 6.06. The lowest BCUT2D eigenvalue weighted by Crippen LogP contribution is -2.33. The van der Waals surface area contributed by atoms with E-state index in [2.05, 4.69) is 0 Å². The summed E-state index contributed by atoms with van der Waals surface area (Å²) < 4.78 is 27.2. The van der Waals surface area contributed by atoms with Gasteiger partial charge in [-0.3, -0.25) is 4.79 Å². The lowest BCUT2D eigenvalue weighted by molar-refractivity contribution is -0.135. The van der Waals surface area contributed by atoms with Crippen LogP contribution in [0.15, 0.2) is 46.0 Å². The van der Waals surface area contributed by atoms with E-state index in [0.29, 0.717) is 0 Å². The van der Waals surface area contributed by atoms with Crippen LogP contribution in [0, 0.1) is 0 Å². The van der Waals surface area contributed by atoms with E-state index >= 15 is 0 Å². The number of carbonyl (C=O) groups is 2. The van der Waals surface area contributed by atoms with Crippen LogP contribution in [0.3, 0.4) is 0 Å². The van der Waals surface area contributed by atoms with Crippen LogP contribution in [0.2, 0.25) is 0 Å². The summed E-state index contributed by atoms with van der Waals surface area (Å²) in [6.07, 6.45) is 0. The summed E-state index contributed by atoms with van der Waals surface area (Å²) in [5.41, 5.74) is 1.00. The summed E-state index contributed by atoms with van der Waals surface area (Å²) in [4.78, 5) is 25.6. The monoisotopic (exact) mass is 382 g/mol. The number of ether oxygens (including phenoxy) is 1. The van der Waals surface area contributed by atoms with Gasteiger partial charge < -0.3 is 9.64 Å². The molecule has 0 aliphatic carbocycles. The second kappa shape index (κ2) is 7.77. The minimum atomic E-state index is -3.87. The van der Waals surface area contributed by atoms with Crippen LogP contribution in [0.25, 0.3) is 0 Å². The first-order valence-corrected chi connectivity index (χ1v) is 9.72. The zero-order valence-electron chi connectivity index (χ0n) is 13.7. The van der Waals surface area contributed by atoms with Gasteiger partial charge in [-0.1, -0.05) is 30.3 Å². The second-order valence-corrected chi connectivity index (χ2v) is 8.07. The van der Waals surface area contributed by atoms with Gasteiger partial charge in [-0.15, -0.1) is 11.3 Å². The summed E-state index contributed by atoms with van der Waals surface area (Å²) in [7, 11) is -2.24. The third-order valence-electron chi connectivity index (χ3n) is 3.67. The molecule has 0 radical (unpaired) electrons. The normalized spacial score (nSPS) is 12.4. The zero-order chi connectivity index (χ0) is 18.6. The van der Waals surface area contributed by atoms with E-state index in [1.54, 1.807) is 7.05 Å². The molecule has 1 heterocycles. The molecule has 0 aliphatic heterocycles. The number of nitrogens with zero attached hydrogens (tertiary/aromatic N) is 1. The fraction of sp³-hybridized carbons (Fsp3) is 0.250. The largest absolute Gasteiger partial charge is 0.452 e. The lowest BCUT2D eigenvalue weighted by Gasteiger charge is -2.25. The van der Waals surface area contributed by atoms with Crippen molar-refractivity contribution in [3.05, 3.63) is 52.9 Å². The lowest BCUT2D eigenvalue weighted by atomic mass is 10.1. The highest BCUT2D eigenvalue weighted by atomic mass is 32.2. The summed E-state index contributed by atoms with van der Waals surface area (Å²) in [6, 6.07) is 10.4. The Kier molecular flexibility index (Phi) is 5.93. The van der Waals surface area contributed by atoms with Crippen LogP contribution in [-0.4, -0.2) is 38.8 Å². The number of esters is 1. The zero-order valence-corrected chi connectivity index (χ0v) is 15.3. The topological polar surface area (TPSA) is 107 Å². The van der Waals surface area contributed by atoms with Crippen molar-refractivity contribution in [1.82, 2.24) is 4.90 Å². The standard InChI is InChI=1S/C16H18N2O5S2/c1-11(12-6-4-3-5-7-12)18(2)14(19)9-23-16(20)13-8-15(24-10-13)25(17,21)22/h3-8,10-11H,9H2,1-2H3,(H2,17,21,22). The molecule has 134 valence electrons. The molecule has 25 heavy (non-hydrogen) atoms. The van der Waals surface area contributed by atoms with Crippen LogP contribution in [0.4, 0.5) is 0 Å². The molecule has 0 saturated carbocycles. The SMILES string of the molecule is CC(c1ccccc1)N(C)C(=O)COC(=O)c1csc(S(N)(=O)=O)c1. The first kappa shape index (κ1) is 19.1. The van der Waals surface area contributed by atoms with Crippen molar-refractivity contribution in [2.45, 2.75) is 17.2 Å². The molecular formula is C16H18N2O5S2. The van der Waals surface area contributed by atoms with Gasteiger partial charge in [0.2, 0.25) is 10.0 Å². The smallest absolute Gasteiger partial charge is 0.339 e. The van der Waals surface area contributed by atoms with Gasteiger partial charge in [0, 0.05) is 12.4 Å². The van der Waals surface area contributed by atoms with Crippen LogP contribution in [0.5, 0.6) is 0 Å². The first-order valence-electron chi connectivity index (χ1n) is 7.29. The van der Waals surface area contributed by atoms with Gasteiger partial charge in [-0.05, 0) is 18.6 Å². The van der Waals surface area contributed by atoms with E-state index in [4.69, 9.17) is 9.88 Å². The molecule has 0 saturated heterocycles. The molecule has 2 aromatic rings. The average molecular weight is 382 g/mol. The number of thiophene rings is 1. The van der Waals surface area contributed by atoms with Crippen molar-refractivity contribution in [2.75, 3.05) is 13.7 Å². The molecule has 7 nitrogen and oxygen atoms in total. The summed E-state index contributed by atoms with van der Waals surface area (Å²) >= 11 is 0.818. The number of primary sulfonamides is 1. The predicted octanol–water partition coefficient (Wildman–Crippen LogP) is 1.77. The molecule has 1 atom stereocenters. The maximum Gasteiger partial charge on any atom is 0.339 e. The van der Waals surface area contributed by atoms with Crippen molar-refractivity contribution >= 4 is 33.2 Å². The van der Waals surface area contributed by atoms with E-state index in [-0.39, 0.29) is 21.7 Å². The molecule has 2 rings (SSSR count). The molecule has 1 aromatic carbocycles. The molecule has 1 aromatic heterocycles. The Morgan fingerprint density at radius 3 is 2.48 bits per heavy atom. The minimum absolute atomic E-state index is 0.0422. The maximum atomic E-state index is 12.2. The number of sulfonamides is 1. The predicted molar refractivity (Wildman–Crippen MR) is 93.6 cm³/mol. The van der Waals surface area contributed by atoms with Crippen molar-refractivity contribution in [3.8, 4) is 0 Å². The maximum absolute atomic E-state index is 12.2. The summed E-state index contributed by atoms with van der Waals surface area (Å²) in [5.74, 6) is -1.15. The van der Waals surface area contributed by atoms with Crippen LogP contribution < -0.4 is 5.14 Å². The molecule has 0 fully saturated rings. The Morgan fingerprint density at radius 1 is 1.28 bits per heavy atom. The summed E-state index contributed by atoms with van der Waals surface area (Å²) in [6.45, 7) is 1.43. The number of nitrogens with two attached hydrogens (primary N) is 1. The van der Waals surface area contributed by atoms with E-state index in [1.807, 2.05) is 37.3 Å². The molecule has 0 spiro atoms. The van der Waals surface area contributed by atoms with Crippen molar-refractivity contribution in [3.63, 3.8) is 0 Å². The first-order chi connectivity index (χ1) is 11.7. The van der Waals surface area contributed by atoms with Gasteiger partial charge in [0.05, 0.1) is 11.6 Å². The van der Waals surface area contributed by atoms with E-state index in [9.17, 15) is 18.0 Å². The van der Waals surface area contributed by atoms with Gasteiger partial charge >= 0.3 is 5.97 Å². The number of hydrogen-bond donors (Lipinski definition) is 1. The molecule has 1 amide bonds. The second-order valence-electron chi connectivity index (χ2n) is 5.37. The Morgan fingerprint density at radius 2 is 1.92 bits per heavy atom. The quantitative estimate of drug-likeness (QED) is 0.766. The van der Waals surface area contributed by atoms with Gasteiger partial charge in [-0.25, -0.2) is 18.4 Å². The van der Waals surface area contributed by atoms with E-state index < -0.39 is 22.6 Å². The Balaban J connectivity index is 1.95. The molecule has 0 aliphatic rings. The van der Waals surface area contributed by atoms with E-state index in [1.165, 1.54) is 10.3 Å². The molecule has 0 bridgehead atoms. The third kappa shape index (κ3) is 4.88. The van der Waals surface area contributed by atoms with Crippen LogP contribution in [-0.2, 0) is 19.6 Å². The minimum Gasteiger partial charge on any atom is -0.452 e. The number of likely N-dealkylation sites (N-methyl/N-ethyl adjacent to an activating group) is 1. The van der Waals surface area contributed by atoms with Crippen molar-refractivity contribution < 1.29 is 22.7 Å². The fourth-order valence-electron chi connectivity index (χ4n) is 2.06. The molecule has 2 N–H and O–H groups in total. The number of amides is 1. The highest BCUT2D eigenvalue weighted by Crippen LogP contribution is 2.20. The van der Waals surface area contributed by atoms with Crippen LogP contribution in [0.1, 0.15) is 28.9 Å². The van der Waals surface area contributed by atoms with Crippen molar-refractivity contribution in [2.24, 2.45) is 5.14 Å².